The highest BCUT2D eigenvalue weighted by atomic mass is 35.5. The molecular weight excluding hydrogens is 394 g/mol. The summed E-state index contributed by atoms with van der Waals surface area (Å²) in [6.45, 7) is 2.21. The fraction of sp³-hybridized carbons (Fsp3) is 0.190. The molecule has 2 aromatic carbocycles. The number of aromatic nitrogens is 2. The van der Waals surface area contributed by atoms with Gasteiger partial charge in [0.25, 0.3) is 5.91 Å². The van der Waals surface area contributed by atoms with E-state index < -0.39 is 5.97 Å². The van der Waals surface area contributed by atoms with Crippen LogP contribution in [0.2, 0.25) is 5.02 Å². The molecule has 0 saturated heterocycles. The number of aryl methyl sites for hydroxylation is 2. The van der Waals surface area contributed by atoms with Gasteiger partial charge in [-0.3, -0.25) is 9.48 Å². The van der Waals surface area contributed by atoms with Gasteiger partial charge >= 0.3 is 5.97 Å². The number of carbonyl (C=O) groups excluding carboxylic acids is 2. The Morgan fingerprint density at radius 3 is 2.76 bits per heavy atom. The number of hydrogen-bond acceptors (Lipinski definition) is 5. The highest BCUT2D eigenvalue weighted by Crippen LogP contribution is 2.26. The second kappa shape index (κ2) is 8.79. The Labute approximate surface area is 173 Å². The lowest BCUT2D eigenvalue weighted by atomic mass is 10.1. The Hall–Kier alpha value is -3.32. The molecule has 0 aliphatic heterocycles. The molecular formula is C21H20ClN3O4. The number of carbonyl (C=O) groups is 2. The smallest absolute Gasteiger partial charge is 0.360 e. The average molecular weight is 414 g/mol. The van der Waals surface area contributed by atoms with Crippen molar-refractivity contribution >= 4 is 29.2 Å². The van der Waals surface area contributed by atoms with Gasteiger partial charge in [-0.1, -0.05) is 29.8 Å². The highest BCUT2D eigenvalue weighted by Gasteiger charge is 2.19. The van der Waals surface area contributed by atoms with Gasteiger partial charge in [0.05, 0.1) is 17.8 Å². The van der Waals surface area contributed by atoms with Crippen molar-refractivity contribution in [2.45, 2.75) is 13.5 Å². The summed E-state index contributed by atoms with van der Waals surface area (Å²) < 4.78 is 11.9. The van der Waals surface area contributed by atoms with Crippen LogP contribution in [0.1, 0.15) is 32.0 Å². The van der Waals surface area contributed by atoms with Crippen LogP contribution in [-0.4, -0.2) is 28.8 Å². The number of halogens is 1. The number of esters is 1. The maximum Gasteiger partial charge on any atom is 0.360 e. The molecule has 0 atom stereocenters. The van der Waals surface area contributed by atoms with E-state index in [1.807, 2.05) is 25.1 Å². The predicted molar refractivity (Wildman–Crippen MR) is 109 cm³/mol. The molecule has 1 heterocycles. The zero-order valence-electron chi connectivity index (χ0n) is 16.2. The van der Waals surface area contributed by atoms with Gasteiger partial charge in [-0.25, -0.2) is 4.79 Å². The molecule has 3 rings (SSSR count). The van der Waals surface area contributed by atoms with Crippen LogP contribution in [-0.2, 0) is 18.4 Å². The molecule has 3 aromatic rings. The van der Waals surface area contributed by atoms with Gasteiger partial charge in [0.2, 0.25) is 0 Å². The summed E-state index contributed by atoms with van der Waals surface area (Å²) in [5.41, 5.74) is 2.57. The molecule has 7 nitrogen and oxygen atoms in total. The number of anilines is 1. The number of nitrogens with one attached hydrogen (secondary N) is 1. The van der Waals surface area contributed by atoms with Gasteiger partial charge in [-0.15, -0.1) is 0 Å². The van der Waals surface area contributed by atoms with Gasteiger partial charge in [-0.2, -0.15) is 5.10 Å². The molecule has 0 spiro atoms. The number of rotatable bonds is 6. The lowest BCUT2D eigenvalue weighted by Crippen LogP contribution is -2.15. The van der Waals surface area contributed by atoms with Crippen molar-refractivity contribution in [1.82, 2.24) is 9.78 Å². The zero-order valence-corrected chi connectivity index (χ0v) is 17.0. The van der Waals surface area contributed by atoms with Crippen LogP contribution < -0.4 is 10.1 Å². The van der Waals surface area contributed by atoms with Gasteiger partial charge in [-0.05, 0) is 42.3 Å². The second-order valence-electron chi connectivity index (χ2n) is 6.43. The number of benzene rings is 2. The topological polar surface area (TPSA) is 82.5 Å². The zero-order chi connectivity index (χ0) is 21.0. The summed E-state index contributed by atoms with van der Waals surface area (Å²) in [4.78, 5) is 24.5. The second-order valence-corrected chi connectivity index (χ2v) is 6.84. The largest absolute Gasteiger partial charge is 0.487 e. The fourth-order valence-electron chi connectivity index (χ4n) is 2.71. The van der Waals surface area contributed by atoms with Gasteiger partial charge in [0, 0.05) is 18.8 Å². The van der Waals surface area contributed by atoms with Crippen molar-refractivity contribution in [3.05, 3.63) is 76.1 Å². The van der Waals surface area contributed by atoms with E-state index in [0.29, 0.717) is 16.3 Å². The minimum absolute atomic E-state index is 0.0388. The molecule has 0 saturated carbocycles. The normalized spacial score (nSPS) is 10.5. The Kier molecular flexibility index (Phi) is 6.19. The van der Waals surface area contributed by atoms with Crippen LogP contribution in [0.25, 0.3) is 0 Å². The predicted octanol–water partition coefficient (Wildman–Crippen LogP) is 4.00. The fourth-order valence-corrected chi connectivity index (χ4v) is 2.88. The minimum atomic E-state index is -0.627. The van der Waals surface area contributed by atoms with Crippen molar-refractivity contribution in [2.24, 2.45) is 7.05 Å². The van der Waals surface area contributed by atoms with E-state index in [0.717, 1.165) is 11.1 Å². The van der Waals surface area contributed by atoms with Crippen molar-refractivity contribution in [3.63, 3.8) is 0 Å². The molecule has 29 heavy (non-hydrogen) atoms. The monoisotopic (exact) mass is 413 g/mol. The number of methoxy groups -OCH3 is 1. The van der Waals surface area contributed by atoms with Crippen LogP contribution in [0, 0.1) is 6.92 Å². The summed E-state index contributed by atoms with van der Waals surface area (Å²) in [6, 6.07) is 12.5. The van der Waals surface area contributed by atoms with E-state index in [1.165, 1.54) is 18.0 Å². The first-order chi connectivity index (χ1) is 13.9. The van der Waals surface area contributed by atoms with Crippen LogP contribution in [0.4, 0.5) is 5.69 Å². The number of amides is 1. The van der Waals surface area contributed by atoms with Crippen LogP contribution in [0.15, 0.2) is 48.7 Å². The summed E-state index contributed by atoms with van der Waals surface area (Å²) in [7, 11) is 2.91. The first kappa shape index (κ1) is 20.4. The van der Waals surface area contributed by atoms with Crippen molar-refractivity contribution < 1.29 is 19.1 Å². The van der Waals surface area contributed by atoms with Gasteiger partial charge in [0.1, 0.15) is 12.4 Å². The maximum atomic E-state index is 12.6. The molecule has 1 amide bonds. The molecule has 0 bridgehead atoms. The van der Waals surface area contributed by atoms with Crippen molar-refractivity contribution in [1.29, 1.82) is 0 Å². The Balaban J connectivity index is 1.73. The van der Waals surface area contributed by atoms with Crippen LogP contribution >= 0.6 is 11.6 Å². The molecule has 8 heteroatoms. The molecule has 0 aliphatic rings. The molecule has 0 unspecified atom stereocenters. The average Bonchev–Trinajstić information content (AvgIpc) is 3.08. The minimum Gasteiger partial charge on any atom is -0.487 e. The highest BCUT2D eigenvalue weighted by molar-refractivity contribution is 6.32. The Morgan fingerprint density at radius 2 is 2.00 bits per heavy atom. The first-order valence-corrected chi connectivity index (χ1v) is 9.16. The lowest BCUT2D eigenvalue weighted by molar-refractivity contribution is 0.0594. The van der Waals surface area contributed by atoms with E-state index in [2.05, 4.69) is 10.4 Å². The first-order valence-electron chi connectivity index (χ1n) is 8.78. The molecule has 0 fully saturated rings. The third-order valence-corrected chi connectivity index (χ3v) is 4.44. The summed E-state index contributed by atoms with van der Waals surface area (Å²) in [5, 5.41) is 7.24. The van der Waals surface area contributed by atoms with Crippen LogP contribution in [0.3, 0.4) is 0 Å². The maximum absolute atomic E-state index is 12.6. The number of ether oxygens (including phenoxy) is 2. The SMILES string of the molecule is COC(=O)c1nn(C)cc1NC(=O)c1cccc(COc2cc(C)ccc2Cl)c1. The Bertz CT molecular complexity index is 1060. The van der Waals surface area contributed by atoms with Crippen LogP contribution in [0.5, 0.6) is 5.75 Å². The summed E-state index contributed by atoms with van der Waals surface area (Å²) in [6.07, 6.45) is 1.54. The Morgan fingerprint density at radius 1 is 1.21 bits per heavy atom. The van der Waals surface area contributed by atoms with E-state index >= 15 is 0 Å². The van der Waals surface area contributed by atoms with E-state index in [9.17, 15) is 9.59 Å². The number of nitrogens with zero attached hydrogens (tertiary/aromatic N) is 2. The third kappa shape index (κ3) is 4.94. The molecule has 1 N–H and O–H groups in total. The standard InChI is InChI=1S/C21H20ClN3O4/c1-13-7-8-16(22)18(9-13)29-12-14-5-4-6-15(10-14)20(26)23-17-11-25(2)24-19(17)21(27)28-3/h4-11H,12H2,1-3H3,(H,23,26). The van der Waals surface area contributed by atoms with E-state index in [4.69, 9.17) is 21.1 Å². The van der Waals surface area contributed by atoms with E-state index in [1.54, 1.807) is 31.3 Å². The van der Waals surface area contributed by atoms with E-state index in [-0.39, 0.29) is 23.9 Å². The van der Waals surface area contributed by atoms with Crippen molar-refractivity contribution in [2.75, 3.05) is 12.4 Å². The molecule has 1 aromatic heterocycles. The third-order valence-electron chi connectivity index (χ3n) is 4.13. The quantitative estimate of drug-likeness (QED) is 0.617. The number of hydrogen-bond donors (Lipinski definition) is 1. The molecule has 0 radical (unpaired) electrons. The van der Waals surface area contributed by atoms with Crippen molar-refractivity contribution in [3.8, 4) is 5.75 Å². The summed E-state index contributed by atoms with van der Waals surface area (Å²) in [5.74, 6) is -0.420. The molecule has 0 aliphatic carbocycles. The summed E-state index contributed by atoms with van der Waals surface area (Å²) >= 11 is 6.15. The van der Waals surface area contributed by atoms with Gasteiger partial charge in [0.15, 0.2) is 5.69 Å². The van der Waals surface area contributed by atoms with Gasteiger partial charge < -0.3 is 14.8 Å². The lowest BCUT2D eigenvalue weighted by Gasteiger charge is -2.10. The molecule has 150 valence electrons.